The summed E-state index contributed by atoms with van der Waals surface area (Å²) >= 11 is 7.46. The predicted octanol–water partition coefficient (Wildman–Crippen LogP) is 5.32. The number of nitrogens with one attached hydrogen (secondary N) is 1. The van der Waals surface area contributed by atoms with Crippen molar-refractivity contribution >= 4 is 50.4 Å². The predicted molar refractivity (Wildman–Crippen MR) is 133 cm³/mol. The minimum Gasteiger partial charge on any atom is -0.394 e. The number of rotatable bonds is 5. The summed E-state index contributed by atoms with van der Waals surface area (Å²) in [6.07, 6.45) is 1.42. The van der Waals surface area contributed by atoms with Crippen molar-refractivity contribution in [2.45, 2.75) is 18.9 Å². The lowest BCUT2D eigenvalue weighted by Crippen LogP contribution is -2.37. The third-order valence-corrected chi connectivity index (χ3v) is 7.57. The molecule has 0 spiro atoms. The number of nitrogens with zero attached hydrogens (tertiary/aromatic N) is 2. The standard InChI is InChI=1S/C25H20ClF2N3O3S/c26-17-5-1-2-6-20(17)31-21(33)10-8-16-22(29-19-9-7-14(27)12-18(19)28)23(35-25(16)31)24(34)30-11-3-4-15(30)13-32/h1-2,5-10,12,15,29,32H,3-4,11,13H2/t15-/m1/s1. The van der Waals surface area contributed by atoms with Gasteiger partial charge in [-0.3, -0.25) is 14.2 Å². The molecule has 0 unspecified atom stereocenters. The zero-order valence-electron chi connectivity index (χ0n) is 18.3. The molecule has 4 aromatic rings. The summed E-state index contributed by atoms with van der Waals surface area (Å²) in [5.41, 5.74) is 0.374. The van der Waals surface area contributed by atoms with E-state index >= 15 is 0 Å². The zero-order valence-corrected chi connectivity index (χ0v) is 19.9. The van der Waals surface area contributed by atoms with Crippen LogP contribution in [0.2, 0.25) is 5.02 Å². The molecule has 2 aromatic heterocycles. The molecule has 1 atom stereocenters. The van der Waals surface area contributed by atoms with Crippen molar-refractivity contribution in [1.82, 2.24) is 9.47 Å². The lowest BCUT2D eigenvalue weighted by molar-refractivity contribution is 0.0683. The number of para-hydroxylation sites is 1. The number of carbonyl (C=O) groups is 1. The second-order valence-corrected chi connectivity index (χ2v) is 9.62. The fourth-order valence-electron chi connectivity index (χ4n) is 4.37. The summed E-state index contributed by atoms with van der Waals surface area (Å²) in [4.78, 5) is 28.9. The van der Waals surface area contributed by atoms with Gasteiger partial charge >= 0.3 is 0 Å². The van der Waals surface area contributed by atoms with Gasteiger partial charge in [-0.15, -0.1) is 11.3 Å². The highest BCUT2D eigenvalue weighted by atomic mass is 35.5. The lowest BCUT2D eigenvalue weighted by atomic mass is 10.2. The van der Waals surface area contributed by atoms with Crippen LogP contribution in [0.25, 0.3) is 15.9 Å². The van der Waals surface area contributed by atoms with Crippen molar-refractivity contribution in [3.05, 3.63) is 86.5 Å². The van der Waals surface area contributed by atoms with E-state index in [0.717, 1.165) is 29.9 Å². The molecule has 2 N–H and O–H groups in total. The lowest BCUT2D eigenvalue weighted by Gasteiger charge is -2.23. The minimum atomic E-state index is -0.823. The number of thiophene rings is 1. The van der Waals surface area contributed by atoms with Crippen LogP contribution < -0.4 is 10.9 Å². The number of pyridine rings is 1. The zero-order chi connectivity index (χ0) is 24.7. The summed E-state index contributed by atoms with van der Waals surface area (Å²) < 4.78 is 29.5. The molecule has 1 fully saturated rings. The number of aliphatic hydroxyl groups is 1. The number of aliphatic hydroxyl groups excluding tert-OH is 1. The second-order valence-electron chi connectivity index (χ2n) is 8.21. The highest BCUT2D eigenvalue weighted by Crippen LogP contribution is 2.40. The van der Waals surface area contributed by atoms with E-state index in [9.17, 15) is 23.5 Å². The van der Waals surface area contributed by atoms with Gasteiger partial charge in [-0.25, -0.2) is 8.78 Å². The molecule has 0 saturated carbocycles. The van der Waals surface area contributed by atoms with Gasteiger partial charge in [-0.1, -0.05) is 23.7 Å². The molecule has 180 valence electrons. The van der Waals surface area contributed by atoms with Crippen LogP contribution in [-0.2, 0) is 0 Å². The monoisotopic (exact) mass is 515 g/mol. The van der Waals surface area contributed by atoms with Crippen LogP contribution in [0.1, 0.15) is 22.5 Å². The van der Waals surface area contributed by atoms with E-state index in [0.29, 0.717) is 39.6 Å². The Morgan fingerprint density at radius 3 is 2.71 bits per heavy atom. The average Bonchev–Trinajstić information content (AvgIpc) is 3.46. The van der Waals surface area contributed by atoms with E-state index in [-0.39, 0.29) is 34.7 Å². The molecule has 1 aliphatic rings. The first-order valence-corrected chi connectivity index (χ1v) is 12.2. The fraction of sp³-hybridized carbons (Fsp3) is 0.200. The largest absolute Gasteiger partial charge is 0.394 e. The Balaban J connectivity index is 1.74. The Morgan fingerprint density at radius 1 is 1.17 bits per heavy atom. The van der Waals surface area contributed by atoms with E-state index in [1.807, 2.05) is 0 Å². The number of fused-ring (bicyclic) bond motifs is 1. The van der Waals surface area contributed by atoms with Crippen molar-refractivity contribution in [2.24, 2.45) is 0 Å². The van der Waals surface area contributed by atoms with Gasteiger partial charge in [-0.2, -0.15) is 0 Å². The Labute approximate surface area is 208 Å². The topological polar surface area (TPSA) is 74.6 Å². The molecule has 2 aromatic carbocycles. The first-order chi connectivity index (χ1) is 16.9. The van der Waals surface area contributed by atoms with Crippen LogP contribution in [0.5, 0.6) is 0 Å². The maximum Gasteiger partial charge on any atom is 0.266 e. The number of hydrogen-bond acceptors (Lipinski definition) is 5. The van der Waals surface area contributed by atoms with Crippen molar-refractivity contribution in [2.75, 3.05) is 18.5 Å². The molecule has 1 amide bonds. The van der Waals surface area contributed by atoms with Crippen LogP contribution in [0.15, 0.2) is 59.4 Å². The van der Waals surface area contributed by atoms with Gasteiger partial charge < -0.3 is 15.3 Å². The summed E-state index contributed by atoms with van der Waals surface area (Å²) in [5, 5.41) is 13.5. The maximum absolute atomic E-state index is 14.6. The number of carbonyl (C=O) groups excluding carboxylic acids is 1. The molecular formula is C25H20ClF2N3O3S. The number of amides is 1. The SMILES string of the molecule is O=C(c1sc2c(ccc(=O)n2-c2ccccc2Cl)c1Nc1ccc(F)cc1F)N1CCC[C@@H]1CO. The van der Waals surface area contributed by atoms with Gasteiger partial charge in [0.25, 0.3) is 11.5 Å². The van der Waals surface area contributed by atoms with Crippen molar-refractivity contribution < 1.29 is 18.7 Å². The van der Waals surface area contributed by atoms with Crippen LogP contribution in [0.4, 0.5) is 20.2 Å². The van der Waals surface area contributed by atoms with E-state index in [1.165, 1.54) is 16.7 Å². The molecule has 0 radical (unpaired) electrons. The third kappa shape index (κ3) is 4.20. The Hall–Kier alpha value is -3.27. The quantitative estimate of drug-likeness (QED) is 0.377. The molecule has 35 heavy (non-hydrogen) atoms. The second kappa shape index (κ2) is 9.41. The summed E-state index contributed by atoms with van der Waals surface area (Å²) in [6.45, 7) is 0.302. The Kier molecular flexibility index (Phi) is 6.31. The summed E-state index contributed by atoms with van der Waals surface area (Å²) in [5.74, 6) is -1.89. The average molecular weight is 516 g/mol. The first-order valence-electron chi connectivity index (χ1n) is 11.0. The number of hydrogen-bond donors (Lipinski definition) is 2. The molecule has 3 heterocycles. The van der Waals surface area contributed by atoms with Gasteiger partial charge in [0, 0.05) is 24.1 Å². The molecule has 6 nitrogen and oxygen atoms in total. The van der Waals surface area contributed by atoms with Crippen molar-refractivity contribution in [3.8, 4) is 5.69 Å². The number of anilines is 2. The number of likely N-dealkylation sites (tertiary alicyclic amines) is 1. The highest BCUT2D eigenvalue weighted by molar-refractivity contribution is 7.21. The van der Waals surface area contributed by atoms with Gasteiger partial charge in [0.15, 0.2) is 0 Å². The van der Waals surface area contributed by atoms with Crippen molar-refractivity contribution in [1.29, 1.82) is 0 Å². The normalized spacial score (nSPS) is 15.7. The third-order valence-electron chi connectivity index (χ3n) is 6.07. The van der Waals surface area contributed by atoms with Crippen LogP contribution >= 0.6 is 22.9 Å². The van der Waals surface area contributed by atoms with E-state index in [1.54, 1.807) is 35.2 Å². The molecule has 10 heteroatoms. The Morgan fingerprint density at radius 2 is 1.97 bits per heavy atom. The van der Waals surface area contributed by atoms with E-state index < -0.39 is 11.6 Å². The molecule has 5 rings (SSSR count). The summed E-state index contributed by atoms with van der Waals surface area (Å²) in [7, 11) is 0. The van der Waals surface area contributed by atoms with Gasteiger partial charge in [0.2, 0.25) is 0 Å². The van der Waals surface area contributed by atoms with Crippen LogP contribution in [-0.4, -0.2) is 39.7 Å². The Bertz CT molecular complexity index is 1500. The van der Waals surface area contributed by atoms with E-state index in [2.05, 4.69) is 5.32 Å². The molecular weight excluding hydrogens is 496 g/mol. The van der Waals surface area contributed by atoms with Crippen molar-refractivity contribution in [3.63, 3.8) is 0 Å². The van der Waals surface area contributed by atoms with Gasteiger partial charge in [-0.05, 0) is 43.2 Å². The fourth-order valence-corrected chi connectivity index (χ4v) is 5.81. The molecule has 1 saturated heterocycles. The van der Waals surface area contributed by atoms with E-state index in [4.69, 9.17) is 11.6 Å². The molecule has 0 aliphatic carbocycles. The number of benzene rings is 2. The first kappa shape index (κ1) is 23.5. The number of halogens is 3. The maximum atomic E-state index is 14.6. The minimum absolute atomic E-state index is 0.0178. The van der Waals surface area contributed by atoms with Gasteiger partial charge in [0.05, 0.1) is 34.7 Å². The summed E-state index contributed by atoms with van der Waals surface area (Å²) in [6, 6.07) is 12.5. The molecule has 1 aliphatic heterocycles. The van der Waals surface area contributed by atoms with Crippen LogP contribution in [0.3, 0.4) is 0 Å². The van der Waals surface area contributed by atoms with Crippen LogP contribution in [0, 0.1) is 11.6 Å². The smallest absolute Gasteiger partial charge is 0.266 e. The number of aromatic nitrogens is 1. The highest BCUT2D eigenvalue weighted by Gasteiger charge is 2.32. The molecule has 0 bridgehead atoms. The van der Waals surface area contributed by atoms with Gasteiger partial charge in [0.1, 0.15) is 21.3 Å².